The van der Waals surface area contributed by atoms with E-state index in [-0.39, 0.29) is 43.8 Å². The number of fused-ring (bicyclic) bond motifs is 2. The largest absolute Gasteiger partial charge is 0.461 e. The molecule has 1 aromatic heterocycles. The smallest absolute Gasteiger partial charge is 0.410 e. The molecule has 12 heteroatoms. The maximum Gasteiger partial charge on any atom is 0.410 e. The van der Waals surface area contributed by atoms with Gasteiger partial charge >= 0.3 is 18.2 Å². The number of aromatic nitrogens is 2. The maximum atomic E-state index is 13.3. The van der Waals surface area contributed by atoms with Gasteiger partial charge in [-0.1, -0.05) is 66.7 Å². The van der Waals surface area contributed by atoms with E-state index in [4.69, 9.17) is 24.2 Å². The summed E-state index contributed by atoms with van der Waals surface area (Å²) < 4.78 is 17.7. The molecule has 1 unspecified atom stereocenters. The Bertz CT molecular complexity index is 1970. The van der Waals surface area contributed by atoms with Gasteiger partial charge in [-0.15, -0.1) is 0 Å². The number of rotatable bonds is 8. The van der Waals surface area contributed by atoms with Crippen molar-refractivity contribution in [3.63, 3.8) is 0 Å². The minimum atomic E-state index is -0.594. The summed E-state index contributed by atoms with van der Waals surface area (Å²) >= 11 is 0. The molecule has 0 radical (unpaired) electrons. The number of benzene rings is 3. The van der Waals surface area contributed by atoms with Crippen LogP contribution in [0.2, 0.25) is 0 Å². The molecule has 3 aromatic carbocycles. The number of hydrogen-bond donors (Lipinski definition) is 0. The molecule has 276 valence electrons. The first-order valence-electron chi connectivity index (χ1n) is 18.5. The van der Waals surface area contributed by atoms with Crippen molar-refractivity contribution in [1.29, 1.82) is 5.26 Å². The first-order valence-corrected chi connectivity index (χ1v) is 18.5. The van der Waals surface area contributed by atoms with E-state index in [1.807, 2.05) is 51.1 Å². The average molecular weight is 718 g/mol. The Morgan fingerprint density at radius 1 is 0.868 bits per heavy atom. The van der Waals surface area contributed by atoms with Crippen LogP contribution in [0.15, 0.2) is 72.8 Å². The topological polar surface area (TPSA) is 124 Å². The molecule has 53 heavy (non-hydrogen) atoms. The number of carbonyl (C=O) groups excluding carboxylic acids is 2. The molecule has 0 N–H and O–H groups in total. The van der Waals surface area contributed by atoms with Crippen LogP contribution in [0.5, 0.6) is 6.01 Å². The molecule has 4 heterocycles. The number of nitrogens with zero attached hydrogens (tertiary/aromatic N) is 7. The Hall–Kier alpha value is -5.57. The predicted octanol–water partition coefficient (Wildman–Crippen LogP) is 6.71. The third kappa shape index (κ3) is 8.25. The van der Waals surface area contributed by atoms with E-state index < -0.39 is 11.7 Å². The molecule has 2 fully saturated rings. The van der Waals surface area contributed by atoms with E-state index in [1.165, 1.54) is 10.8 Å². The number of carbonyl (C=O) groups is 2. The summed E-state index contributed by atoms with van der Waals surface area (Å²) in [6.07, 6.45) is 1.76. The zero-order valence-corrected chi connectivity index (χ0v) is 30.7. The van der Waals surface area contributed by atoms with Gasteiger partial charge in [-0.25, -0.2) is 9.59 Å². The van der Waals surface area contributed by atoms with Crippen molar-refractivity contribution in [3.8, 4) is 12.1 Å². The quantitative estimate of drug-likeness (QED) is 0.194. The fraction of sp³-hybridized carbons (Fsp3) is 0.439. The summed E-state index contributed by atoms with van der Waals surface area (Å²) in [7, 11) is 0. The van der Waals surface area contributed by atoms with Gasteiger partial charge in [0.2, 0.25) is 0 Å². The van der Waals surface area contributed by atoms with Crippen molar-refractivity contribution in [1.82, 2.24) is 19.8 Å². The first kappa shape index (κ1) is 35.8. The van der Waals surface area contributed by atoms with Crippen molar-refractivity contribution in [2.45, 2.75) is 77.3 Å². The number of likely N-dealkylation sites (tertiary alicyclic amines) is 1. The zero-order chi connectivity index (χ0) is 37.0. The van der Waals surface area contributed by atoms with Crippen molar-refractivity contribution in [2.24, 2.45) is 0 Å². The van der Waals surface area contributed by atoms with Gasteiger partial charge in [-0.2, -0.15) is 15.2 Å². The van der Waals surface area contributed by atoms with Crippen molar-refractivity contribution in [2.75, 3.05) is 49.1 Å². The molecule has 4 aromatic rings. The van der Waals surface area contributed by atoms with Crippen LogP contribution in [-0.4, -0.2) is 89.0 Å². The number of hydrogen-bond acceptors (Lipinski definition) is 10. The summed E-state index contributed by atoms with van der Waals surface area (Å²) in [6, 6.07) is 26.3. The fourth-order valence-corrected chi connectivity index (χ4v) is 7.52. The van der Waals surface area contributed by atoms with E-state index in [2.05, 4.69) is 58.3 Å². The summed E-state index contributed by atoms with van der Waals surface area (Å²) in [5.41, 5.74) is 3.37. The van der Waals surface area contributed by atoms with E-state index in [1.54, 1.807) is 9.80 Å². The van der Waals surface area contributed by atoms with Crippen LogP contribution in [0.25, 0.3) is 10.8 Å². The van der Waals surface area contributed by atoms with Crippen LogP contribution >= 0.6 is 0 Å². The second-order valence-corrected chi connectivity index (χ2v) is 14.9. The number of anilines is 2. The highest BCUT2D eigenvalue weighted by atomic mass is 16.6. The molecule has 0 spiro atoms. The lowest BCUT2D eigenvalue weighted by Gasteiger charge is -2.42. The highest BCUT2D eigenvalue weighted by molar-refractivity contribution is 5.94. The molecule has 0 saturated carbocycles. The van der Waals surface area contributed by atoms with Crippen LogP contribution in [0.4, 0.5) is 21.1 Å². The molecule has 2 amide bonds. The molecular weight excluding hydrogens is 670 g/mol. The number of amides is 2. The average Bonchev–Trinajstić information content (AvgIpc) is 3.64. The Kier molecular flexibility index (Phi) is 10.5. The number of ether oxygens (including phenoxy) is 3. The van der Waals surface area contributed by atoms with Gasteiger partial charge in [0.25, 0.3) is 0 Å². The standard InChI is InChI=1S/C41H47N7O5/c1-41(2,3)53-40(50)47-21-10-15-32(47)28-51-38-43-35-26-45(36-17-9-14-30-13-7-8-16-33(30)36)22-19-34(35)37(44-38)46-23-24-48(31(25-46)18-20-42)39(49)52-27-29-11-5-4-6-12-29/h4-9,11-14,16-17,31-32H,10,15,18-19,21-28H2,1-3H3/t31?,32-/m0/s1. The van der Waals surface area contributed by atoms with E-state index in [9.17, 15) is 14.9 Å². The highest BCUT2D eigenvalue weighted by Gasteiger charge is 2.36. The molecule has 2 saturated heterocycles. The van der Waals surface area contributed by atoms with Crippen LogP contribution < -0.4 is 14.5 Å². The van der Waals surface area contributed by atoms with Crippen molar-refractivity contribution in [3.05, 3.63) is 89.6 Å². The Morgan fingerprint density at radius 2 is 1.64 bits per heavy atom. The maximum absolute atomic E-state index is 13.3. The molecule has 0 aliphatic carbocycles. The third-order valence-electron chi connectivity index (χ3n) is 10.1. The fourth-order valence-electron chi connectivity index (χ4n) is 7.52. The van der Waals surface area contributed by atoms with Gasteiger partial charge in [0.15, 0.2) is 0 Å². The monoisotopic (exact) mass is 717 g/mol. The van der Waals surface area contributed by atoms with Gasteiger partial charge in [0.1, 0.15) is 24.6 Å². The lowest BCUT2D eigenvalue weighted by atomic mass is 10.0. The van der Waals surface area contributed by atoms with Gasteiger partial charge in [-0.05, 0) is 57.0 Å². The van der Waals surface area contributed by atoms with E-state index >= 15 is 0 Å². The molecule has 0 bridgehead atoms. The zero-order valence-electron chi connectivity index (χ0n) is 30.7. The van der Waals surface area contributed by atoms with Gasteiger partial charge in [0.05, 0.1) is 36.8 Å². The van der Waals surface area contributed by atoms with Gasteiger partial charge in [0, 0.05) is 49.4 Å². The van der Waals surface area contributed by atoms with Crippen LogP contribution in [-0.2, 0) is 29.0 Å². The summed E-state index contributed by atoms with van der Waals surface area (Å²) in [6.45, 7) is 9.25. The molecule has 2 atom stereocenters. The minimum absolute atomic E-state index is 0.157. The summed E-state index contributed by atoms with van der Waals surface area (Å²) in [5, 5.41) is 12.2. The molecule has 3 aliphatic heterocycles. The SMILES string of the molecule is CC(C)(C)OC(=O)N1CCC[C@H]1COc1nc2c(c(N3CCN(C(=O)OCc4ccccc4)C(CC#N)C3)n1)CCN(c1cccc3ccccc13)C2. The molecule has 3 aliphatic rings. The highest BCUT2D eigenvalue weighted by Crippen LogP contribution is 2.35. The van der Waals surface area contributed by atoms with Crippen molar-refractivity contribution < 1.29 is 23.8 Å². The second-order valence-electron chi connectivity index (χ2n) is 14.9. The van der Waals surface area contributed by atoms with Gasteiger partial charge < -0.3 is 33.8 Å². The number of piperazine rings is 1. The van der Waals surface area contributed by atoms with Crippen LogP contribution in [0.3, 0.4) is 0 Å². The van der Waals surface area contributed by atoms with Crippen LogP contribution in [0.1, 0.15) is 56.9 Å². The summed E-state index contributed by atoms with van der Waals surface area (Å²) in [4.78, 5) is 44.2. The minimum Gasteiger partial charge on any atom is -0.461 e. The Morgan fingerprint density at radius 3 is 2.45 bits per heavy atom. The second kappa shape index (κ2) is 15.6. The van der Waals surface area contributed by atoms with Crippen LogP contribution in [0, 0.1) is 11.3 Å². The predicted molar refractivity (Wildman–Crippen MR) is 202 cm³/mol. The summed E-state index contributed by atoms with van der Waals surface area (Å²) in [5.74, 6) is 0.762. The molecular formula is C41H47N7O5. The molecule has 12 nitrogen and oxygen atoms in total. The third-order valence-corrected chi connectivity index (χ3v) is 10.1. The van der Waals surface area contributed by atoms with Crippen molar-refractivity contribution >= 4 is 34.5 Å². The first-order chi connectivity index (χ1) is 25.7. The van der Waals surface area contributed by atoms with E-state index in [0.717, 1.165) is 47.7 Å². The van der Waals surface area contributed by atoms with E-state index in [0.29, 0.717) is 39.1 Å². The normalized spacial score (nSPS) is 18.8. The van der Waals surface area contributed by atoms with Gasteiger partial charge in [-0.3, -0.25) is 0 Å². The number of nitriles is 1. The lowest BCUT2D eigenvalue weighted by Crippen LogP contribution is -2.55. The Balaban J connectivity index is 1.14. The lowest BCUT2D eigenvalue weighted by molar-refractivity contribution is 0.0183. The molecule has 7 rings (SSSR count). The Labute approximate surface area is 310 Å².